The van der Waals surface area contributed by atoms with Crippen LogP contribution in [-0.2, 0) is 4.74 Å². The van der Waals surface area contributed by atoms with E-state index < -0.39 is 0 Å². The molecule has 27 heavy (non-hydrogen) atoms. The van der Waals surface area contributed by atoms with Gasteiger partial charge in [-0.2, -0.15) is 0 Å². The Bertz CT molecular complexity index is 855. The average molecular weight is 367 g/mol. The van der Waals surface area contributed by atoms with Gasteiger partial charge in [-0.3, -0.25) is 0 Å². The van der Waals surface area contributed by atoms with Gasteiger partial charge in [0.25, 0.3) is 0 Å². The zero-order valence-electron chi connectivity index (χ0n) is 16.5. The molecule has 1 unspecified atom stereocenters. The Morgan fingerprint density at radius 3 is 2.37 bits per heavy atom. The first-order valence-electron chi connectivity index (χ1n) is 9.91. The minimum atomic E-state index is -0.129. The predicted molar refractivity (Wildman–Crippen MR) is 108 cm³/mol. The Morgan fingerprint density at radius 1 is 1.04 bits per heavy atom. The van der Waals surface area contributed by atoms with Crippen LogP contribution in [0.2, 0.25) is 0 Å². The fourth-order valence-electron chi connectivity index (χ4n) is 3.33. The summed E-state index contributed by atoms with van der Waals surface area (Å²) in [6.07, 6.45) is 5.36. The topological polar surface area (TPSA) is 60.2 Å². The Hall–Kier alpha value is -2.40. The monoisotopic (exact) mass is 367 g/mol. The number of hydrogen-bond acceptors (Lipinski definition) is 4. The number of aryl methyl sites for hydroxylation is 1. The lowest BCUT2D eigenvalue weighted by molar-refractivity contribution is 0.0457. The van der Waals surface area contributed by atoms with Gasteiger partial charge in [0.2, 0.25) is 0 Å². The van der Waals surface area contributed by atoms with Crippen molar-refractivity contribution in [1.29, 1.82) is 0 Å². The molecular formula is C22H29N3O2. The molecule has 5 nitrogen and oxygen atoms in total. The molecule has 0 fully saturated rings. The second-order valence-corrected chi connectivity index (χ2v) is 7.03. The summed E-state index contributed by atoms with van der Waals surface area (Å²) in [6, 6.07) is 11.6. The lowest BCUT2D eigenvalue weighted by Gasteiger charge is -2.20. The molecule has 1 N–H and O–H groups in total. The number of unbranched alkanes of at least 4 members (excludes halogenated alkanes) is 3. The number of rotatable bonds is 9. The van der Waals surface area contributed by atoms with Gasteiger partial charge in [-0.15, -0.1) is 15.0 Å². The molecule has 144 valence electrons. The second-order valence-electron chi connectivity index (χ2n) is 7.03. The molecule has 5 heteroatoms. The molecule has 0 bridgehead atoms. The molecule has 0 saturated heterocycles. The van der Waals surface area contributed by atoms with Gasteiger partial charge in [-0.05, 0) is 49.6 Å². The summed E-state index contributed by atoms with van der Waals surface area (Å²) in [5.41, 5.74) is 4.06. The Labute approximate surface area is 161 Å². The van der Waals surface area contributed by atoms with Crippen molar-refractivity contribution in [2.24, 2.45) is 0 Å². The molecular weight excluding hydrogens is 338 g/mol. The molecule has 3 aromatic rings. The first-order valence-corrected chi connectivity index (χ1v) is 9.91. The standard InChI is InChI=1S/C22H29N3O2/c1-4-6-7-10-13-27-21(5-2)17-14-16(3)15-20(22(17)26)25-23-18-11-8-9-12-19(18)24-25/h8-9,11-12,14-15,21,26H,4-7,10,13H2,1-3H3. The number of phenols is 1. The van der Waals surface area contributed by atoms with Crippen molar-refractivity contribution in [3.8, 4) is 11.4 Å². The zero-order valence-corrected chi connectivity index (χ0v) is 16.5. The molecule has 1 atom stereocenters. The van der Waals surface area contributed by atoms with Gasteiger partial charge in [-0.25, -0.2) is 0 Å². The summed E-state index contributed by atoms with van der Waals surface area (Å²) in [5, 5.41) is 20.0. The molecule has 1 heterocycles. The third-order valence-electron chi connectivity index (χ3n) is 4.80. The van der Waals surface area contributed by atoms with Crippen molar-refractivity contribution in [2.45, 2.75) is 59.0 Å². The number of phenolic OH excluding ortho intramolecular Hbond substituents is 1. The number of ether oxygens (including phenoxy) is 1. The van der Waals surface area contributed by atoms with E-state index in [1.54, 1.807) is 0 Å². The van der Waals surface area contributed by atoms with E-state index in [1.807, 2.05) is 43.3 Å². The van der Waals surface area contributed by atoms with Crippen LogP contribution in [0.4, 0.5) is 0 Å². The van der Waals surface area contributed by atoms with Gasteiger partial charge in [0.1, 0.15) is 22.5 Å². The normalized spacial score (nSPS) is 12.6. The molecule has 0 spiro atoms. The van der Waals surface area contributed by atoms with Crippen LogP contribution in [0.25, 0.3) is 16.7 Å². The lowest BCUT2D eigenvalue weighted by Crippen LogP contribution is -2.08. The van der Waals surface area contributed by atoms with Crippen molar-refractivity contribution in [3.63, 3.8) is 0 Å². The quantitative estimate of drug-likeness (QED) is 0.509. The summed E-state index contributed by atoms with van der Waals surface area (Å²) >= 11 is 0. The fraction of sp³-hybridized carbons (Fsp3) is 0.455. The number of fused-ring (bicyclic) bond motifs is 1. The highest BCUT2D eigenvalue weighted by Gasteiger charge is 2.20. The Kier molecular flexibility index (Phi) is 6.45. The highest BCUT2D eigenvalue weighted by molar-refractivity contribution is 5.73. The van der Waals surface area contributed by atoms with Gasteiger partial charge in [0.15, 0.2) is 0 Å². The number of hydrogen-bond donors (Lipinski definition) is 1. The lowest BCUT2D eigenvalue weighted by atomic mass is 10.0. The van der Waals surface area contributed by atoms with Gasteiger partial charge < -0.3 is 9.84 Å². The molecule has 0 radical (unpaired) electrons. The summed E-state index contributed by atoms with van der Waals surface area (Å²) in [7, 11) is 0. The summed E-state index contributed by atoms with van der Waals surface area (Å²) in [5.74, 6) is 0.196. The number of aromatic nitrogens is 3. The summed E-state index contributed by atoms with van der Waals surface area (Å²) in [4.78, 5) is 1.52. The maximum absolute atomic E-state index is 11.0. The molecule has 0 saturated carbocycles. The van der Waals surface area contributed by atoms with Gasteiger partial charge in [0, 0.05) is 12.2 Å². The third kappa shape index (κ3) is 4.48. The number of nitrogens with zero attached hydrogens (tertiary/aromatic N) is 3. The van der Waals surface area contributed by atoms with Crippen LogP contribution in [0.3, 0.4) is 0 Å². The maximum atomic E-state index is 11.0. The van der Waals surface area contributed by atoms with Crippen LogP contribution in [0.1, 0.15) is 63.2 Å². The molecule has 0 amide bonds. The van der Waals surface area contributed by atoms with Crippen molar-refractivity contribution in [3.05, 3.63) is 47.5 Å². The Morgan fingerprint density at radius 2 is 1.74 bits per heavy atom. The first-order chi connectivity index (χ1) is 13.1. The minimum Gasteiger partial charge on any atom is -0.505 e. The second kappa shape index (κ2) is 9.00. The molecule has 0 aliphatic carbocycles. The molecule has 0 aliphatic rings. The van der Waals surface area contributed by atoms with E-state index in [0.29, 0.717) is 12.3 Å². The third-order valence-corrected chi connectivity index (χ3v) is 4.80. The fourth-order valence-corrected chi connectivity index (χ4v) is 3.33. The van der Waals surface area contributed by atoms with Crippen LogP contribution < -0.4 is 0 Å². The molecule has 2 aromatic carbocycles. The van der Waals surface area contributed by atoms with Crippen molar-refractivity contribution < 1.29 is 9.84 Å². The number of aromatic hydroxyl groups is 1. The molecule has 3 rings (SSSR count). The maximum Gasteiger partial charge on any atom is 0.148 e. The van der Waals surface area contributed by atoms with Crippen LogP contribution in [0.5, 0.6) is 5.75 Å². The minimum absolute atomic E-state index is 0.129. The highest BCUT2D eigenvalue weighted by Crippen LogP contribution is 2.35. The van der Waals surface area contributed by atoms with Crippen LogP contribution in [0, 0.1) is 6.92 Å². The van der Waals surface area contributed by atoms with E-state index >= 15 is 0 Å². The van der Waals surface area contributed by atoms with E-state index in [2.05, 4.69) is 24.0 Å². The van der Waals surface area contributed by atoms with E-state index in [1.165, 1.54) is 24.1 Å². The molecule has 1 aromatic heterocycles. The van der Waals surface area contributed by atoms with Crippen molar-refractivity contribution >= 4 is 11.0 Å². The van der Waals surface area contributed by atoms with Gasteiger partial charge in [-0.1, -0.05) is 45.2 Å². The largest absolute Gasteiger partial charge is 0.505 e. The molecule has 0 aliphatic heterocycles. The van der Waals surface area contributed by atoms with Crippen molar-refractivity contribution in [2.75, 3.05) is 6.61 Å². The van der Waals surface area contributed by atoms with E-state index in [0.717, 1.165) is 35.0 Å². The zero-order chi connectivity index (χ0) is 19.2. The highest BCUT2D eigenvalue weighted by atomic mass is 16.5. The number of benzene rings is 2. The van der Waals surface area contributed by atoms with E-state index in [4.69, 9.17) is 4.74 Å². The van der Waals surface area contributed by atoms with Gasteiger partial charge >= 0.3 is 0 Å². The first kappa shape index (κ1) is 19.4. The van der Waals surface area contributed by atoms with Crippen LogP contribution in [0.15, 0.2) is 36.4 Å². The van der Waals surface area contributed by atoms with Crippen molar-refractivity contribution in [1.82, 2.24) is 15.0 Å². The van der Waals surface area contributed by atoms with E-state index in [9.17, 15) is 5.11 Å². The van der Waals surface area contributed by atoms with E-state index in [-0.39, 0.29) is 11.9 Å². The Balaban J connectivity index is 1.87. The summed E-state index contributed by atoms with van der Waals surface area (Å²) in [6.45, 7) is 7.02. The average Bonchev–Trinajstić information content (AvgIpc) is 3.10. The van der Waals surface area contributed by atoms with Gasteiger partial charge in [0.05, 0.1) is 6.10 Å². The summed E-state index contributed by atoms with van der Waals surface area (Å²) < 4.78 is 6.10. The predicted octanol–water partition coefficient (Wildman–Crippen LogP) is 5.48. The van der Waals surface area contributed by atoms with Crippen LogP contribution in [-0.4, -0.2) is 26.7 Å². The van der Waals surface area contributed by atoms with Crippen LogP contribution >= 0.6 is 0 Å². The smallest absolute Gasteiger partial charge is 0.148 e. The SMILES string of the molecule is CCCCCCOC(CC)c1cc(C)cc(-n2nc3ccccc3n2)c1O.